The number of hydrogen-bond donors (Lipinski definition) is 1. The van der Waals surface area contributed by atoms with Crippen LogP contribution in [0.2, 0.25) is 0 Å². The summed E-state index contributed by atoms with van der Waals surface area (Å²) in [6.07, 6.45) is 5.44. The van der Waals surface area contributed by atoms with Crippen LogP contribution in [0.15, 0.2) is 30.3 Å². The van der Waals surface area contributed by atoms with Gasteiger partial charge in [-0.2, -0.15) is 0 Å². The second kappa shape index (κ2) is 4.36. The molecular formula is C14H20O. The standard InChI is InChI=1S/C14H20O/c1-2-12-8-10-14(15,11-9-12)13-6-4-3-5-7-13/h3-7,12,15H,2,8-11H2,1H3/t12-,14-. The topological polar surface area (TPSA) is 20.2 Å². The van der Waals surface area contributed by atoms with Crippen molar-refractivity contribution in [3.63, 3.8) is 0 Å². The zero-order valence-corrected chi connectivity index (χ0v) is 9.45. The third-order valence-electron chi connectivity index (χ3n) is 3.82. The fourth-order valence-electron chi connectivity index (χ4n) is 2.60. The first kappa shape index (κ1) is 10.7. The summed E-state index contributed by atoms with van der Waals surface area (Å²) >= 11 is 0. The van der Waals surface area contributed by atoms with Crippen molar-refractivity contribution < 1.29 is 5.11 Å². The van der Waals surface area contributed by atoms with E-state index >= 15 is 0 Å². The smallest absolute Gasteiger partial charge is 0.0896 e. The second-order valence-electron chi connectivity index (χ2n) is 4.75. The summed E-state index contributed by atoms with van der Waals surface area (Å²) in [6.45, 7) is 2.25. The monoisotopic (exact) mass is 204 g/mol. The van der Waals surface area contributed by atoms with E-state index < -0.39 is 5.60 Å². The predicted molar refractivity (Wildman–Crippen MR) is 62.6 cm³/mol. The normalized spacial score (nSPS) is 31.5. The summed E-state index contributed by atoms with van der Waals surface area (Å²) < 4.78 is 0. The zero-order valence-electron chi connectivity index (χ0n) is 9.45. The van der Waals surface area contributed by atoms with Gasteiger partial charge in [0, 0.05) is 0 Å². The van der Waals surface area contributed by atoms with Crippen molar-refractivity contribution in [3.05, 3.63) is 35.9 Å². The minimum atomic E-state index is -0.549. The maximum atomic E-state index is 10.6. The first-order valence-electron chi connectivity index (χ1n) is 6.02. The fourth-order valence-corrected chi connectivity index (χ4v) is 2.60. The van der Waals surface area contributed by atoms with E-state index in [4.69, 9.17) is 0 Å². The van der Waals surface area contributed by atoms with Crippen LogP contribution in [0.25, 0.3) is 0 Å². The van der Waals surface area contributed by atoms with Crippen molar-refractivity contribution in [2.24, 2.45) is 5.92 Å². The lowest BCUT2D eigenvalue weighted by molar-refractivity contribution is -0.0145. The Bertz CT molecular complexity index is 296. The highest BCUT2D eigenvalue weighted by atomic mass is 16.3. The zero-order chi connectivity index (χ0) is 10.7. The third kappa shape index (κ3) is 2.23. The second-order valence-corrected chi connectivity index (χ2v) is 4.75. The van der Waals surface area contributed by atoms with Gasteiger partial charge in [-0.05, 0) is 37.2 Å². The molecule has 1 N–H and O–H groups in total. The lowest BCUT2D eigenvalue weighted by Gasteiger charge is -2.36. The van der Waals surface area contributed by atoms with E-state index in [-0.39, 0.29) is 0 Å². The Hall–Kier alpha value is -0.820. The summed E-state index contributed by atoms with van der Waals surface area (Å²) in [4.78, 5) is 0. The van der Waals surface area contributed by atoms with Crippen LogP contribution in [-0.2, 0) is 5.60 Å². The molecule has 1 fully saturated rings. The van der Waals surface area contributed by atoms with Gasteiger partial charge in [-0.25, -0.2) is 0 Å². The summed E-state index contributed by atoms with van der Waals surface area (Å²) in [6, 6.07) is 10.1. The lowest BCUT2D eigenvalue weighted by Crippen LogP contribution is -2.31. The Morgan fingerprint density at radius 3 is 2.33 bits per heavy atom. The number of hydrogen-bond acceptors (Lipinski definition) is 1. The highest BCUT2D eigenvalue weighted by Gasteiger charge is 2.33. The molecule has 15 heavy (non-hydrogen) atoms. The van der Waals surface area contributed by atoms with Gasteiger partial charge in [0.15, 0.2) is 0 Å². The Balaban J connectivity index is 2.10. The molecule has 1 aromatic carbocycles. The average Bonchev–Trinajstić information content (AvgIpc) is 2.31. The summed E-state index contributed by atoms with van der Waals surface area (Å²) in [7, 11) is 0. The molecule has 0 spiro atoms. The van der Waals surface area contributed by atoms with Crippen LogP contribution in [0, 0.1) is 5.92 Å². The van der Waals surface area contributed by atoms with Crippen LogP contribution < -0.4 is 0 Å². The first-order valence-corrected chi connectivity index (χ1v) is 6.02. The number of aliphatic hydroxyl groups is 1. The molecule has 1 heteroatoms. The number of rotatable bonds is 2. The van der Waals surface area contributed by atoms with Gasteiger partial charge in [0.1, 0.15) is 0 Å². The van der Waals surface area contributed by atoms with Crippen LogP contribution >= 0.6 is 0 Å². The number of benzene rings is 1. The van der Waals surface area contributed by atoms with Gasteiger partial charge >= 0.3 is 0 Å². The molecule has 1 nitrogen and oxygen atoms in total. The van der Waals surface area contributed by atoms with Crippen molar-refractivity contribution in [3.8, 4) is 0 Å². The average molecular weight is 204 g/mol. The predicted octanol–water partition coefficient (Wildman–Crippen LogP) is 3.47. The van der Waals surface area contributed by atoms with Gasteiger partial charge in [0.2, 0.25) is 0 Å². The summed E-state index contributed by atoms with van der Waals surface area (Å²) in [5, 5.41) is 10.6. The molecule has 0 saturated heterocycles. The van der Waals surface area contributed by atoms with E-state index in [0.29, 0.717) is 0 Å². The van der Waals surface area contributed by atoms with Crippen LogP contribution in [0.4, 0.5) is 0 Å². The van der Waals surface area contributed by atoms with E-state index in [0.717, 1.165) is 24.3 Å². The van der Waals surface area contributed by atoms with Crippen LogP contribution in [0.1, 0.15) is 44.6 Å². The largest absolute Gasteiger partial charge is 0.385 e. The van der Waals surface area contributed by atoms with Gasteiger partial charge in [0.25, 0.3) is 0 Å². The molecule has 0 aromatic heterocycles. The first-order chi connectivity index (χ1) is 7.24. The lowest BCUT2D eigenvalue weighted by atomic mass is 9.74. The fraction of sp³-hybridized carbons (Fsp3) is 0.571. The quantitative estimate of drug-likeness (QED) is 0.782. The Morgan fingerprint density at radius 2 is 1.80 bits per heavy atom. The molecule has 0 heterocycles. The van der Waals surface area contributed by atoms with Crippen molar-refractivity contribution in [1.29, 1.82) is 0 Å². The van der Waals surface area contributed by atoms with E-state index in [2.05, 4.69) is 6.92 Å². The molecule has 82 valence electrons. The molecule has 0 atom stereocenters. The van der Waals surface area contributed by atoms with Crippen LogP contribution in [0.3, 0.4) is 0 Å². The molecule has 0 aliphatic heterocycles. The van der Waals surface area contributed by atoms with Gasteiger partial charge in [0.05, 0.1) is 5.60 Å². The van der Waals surface area contributed by atoms with E-state index in [1.807, 2.05) is 30.3 Å². The SMILES string of the molecule is CC[C@H]1CC[C@@](O)(c2ccccc2)CC1. The third-order valence-corrected chi connectivity index (χ3v) is 3.82. The molecule has 0 radical (unpaired) electrons. The molecule has 1 aliphatic carbocycles. The van der Waals surface area contributed by atoms with Gasteiger partial charge in [-0.15, -0.1) is 0 Å². The van der Waals surface area contributed by atoms with Gasteiger partial charge < -0.3 is 5.11 Å². The maximum absolute atomic E-state index is 10.6. The minimum absolute atomic E-state index is 0.549. The molecule has 1 saturated carbocycles. The summed E-state index contributed by atoms with van der Waals surface area (Å²) in [5.41, 5.74) is 0.548. The molecule has 1 aliphatic rings. The molecule has 0 unspecified atom stereocenters. The van der Waals surface area contributed by atoms with E-state index in [9.17, 15) is 5.11 Å². The molecule has 1 aromatic rings. The highest BCUT2D eigenvalue weighted by molar-refractivity contribution is 5.22. The van der Waals surface area contributed by atoms with Crippen molar-refractivity contribution in [2.45, 2.75) is 44.6 Å². The Kier molecular flexibility index (Phi) is 3.11. The molecule has 0 bridgehead atoms. The van der Waals surface area contributed by atoms with Crippen molar-refractivity contribution in [2.75, 3.05) is 0 Å². The summed E-state index contributed by atoms with van der Waals surface area (Å²) in [5.74, 6) is 0.828. The van der Waals surface area contributed by atoms with Gasteiger partial charge in [-0.1, -0.05) is 43.7 Å². The molecule has 0 amide bonds. The highest BCUT2D eigenvalue weighted by Crippen LogP contribution is 2.40. The van der Waals surface area contributed by atoms with Gasteiger partial charge in [-0.3, -0.25) is 0 Å². The minimum Gasteiger partial charge on any atom is -0.385 e. The molecular weight excluding hydrogens is 184 g/mol. The van der Waals surface area contributed by atoms with E-state index in [1.54, 1.807) is 0 Å². The van der Waals surface area contributed by atoms with Crippen molar-refractivity contribution in [1.82, 2.24) is 0 Å². The maximum Gasteiger partial charge on any atom is 0.0896 e. The van der Waals surface area contributed by atoms with Crippen LogP contribution in [0.5, 0.6) is 0 Å². The Labute approximate surface area is 92.1 Å². The molecule has 2 rings (SSSR count). The van der Waals surface area contributed by atoms with Crippen molar-refractivity contribution >= 4 is 0 Å². The van der Waals surface area contributed by atoms with Crippen LogP contribution in [-0.4, -0.2) is 5.11 Å². The Morgan fingerprint density at radius 1 is 1.20 bits per heavy atom. The van der Waals surface area contributed by atoms with E-state index in [1.165, 1.54) is 19.3 Å².